The summed E-state index contributed by atoms with van der Waals surface area (Å²) >= 11 is 0. The van der Waals surface area contributed by atoms with Crippen LogP contribution in [0.4, 0.5) is 0 Å². The average molecular weight is 284 g/mol. The lowest BCUT2D eigenvalue weighted by molar-refractivity contribution is 0.411. The average Bonchev–Trinajstić information content (AvgIpc) is 3.24. The van der Waals surface area contributed by atoms with Crippen molar-refractivity contribution in [1.82, 2.24) is 5.32 Å². The second kappa shape index (κ2) is 4.09. The van der Waals surface area contributed by atoms with Gasteiger partial charge in [0, 0.05) is 12.0 Å². The van der Waals surface area contributed by atoms with E-state index in [-0.39, 0.29) is 12.4 Å². The molecule has 0 heterocycles. The minimum absolute atomic E-state index is 0. The van der Waals surface area contributed by atoms with Crippen LogP contribution in [0.2, 0.25) is 0 Å². The zero-order valence-electron chi connectivity index (χ0n) is 11.4. The first kappa shape index (κ1) is 12.4. The molecule has 20 heavy (non-hydrogen) atoms. The van der Waals surface area contributed by atoms with Crippen LogP contribution in [0.3, 0.4) is 0 Å². The van der Waals surface area contributed by atoms with Crippen molar-refractivity contribution in [2.24, 2.45) is 5.92 Å². The van der Waals surface area contributed by atoms with E-state index in [1.807, 2.05) is 0 Å². The maximum absolute atomic E-state index is 3.61. The zero-order valence-corrected chi connectivity index (χ0v) is 12.2. The summed E-state index contributed by atoms with van der Waals surface area (Å²) in [6.07, 6.45) is 0. The molecular weight excluding hydrogens is 266 g/mol. The molecule has 0 spiro atoms. The Kier molecular flexibility index (Phi) is 2.55. The Hall–Kier alpha value is -1.31. The third-order valence-electron chi connectivity index (χ3n) is 5.56. The van der Waals surface area contributed by atoms with E-state index in [9.17, 15) is 0 Å². The van der Waals surface area contributed by atoms with Crippen LogP contribution in [0.5, 0.6) is 0 Å². The highest BCUT2D eigenvalue weighted by Crippen LogP contribution is 2.72. The van der Waals surface area contributed by atoms with Crippen molar-refractivity contribution >= 4 is 12.4 Å². The van der Waals surface area contributed by atoms with Crippen molar-refractivity contribution < 1.29 is 0 Å². The molecule has 0 aliphatic heterocycles. The van der Waals surface area contributed by atoms with Gasteiger partial charge < -0.3 is 5.32 Å². The highest BCUT2D eigenvalue weighted by Gasteiger charge is 2.64. The molecule has 1 fully saturated rings. The summed E-state index contributed by atoms with van der Waals surface area (Å²) in [5.41, 5.74) is 6.36. The molecule has 0 saturated heterocycles. The smallest absolute Gasteiger partial charge is 0.0252 e. The van der Waals surface area contributed by atoms with Crippen LogP contribution in [-0.2, 0) is 0 Å². The van der Waals surface area contributed by atoms with Gasteiger partial charge in [-0.25, -0.2) is 0 Å². The van der Waals surface area contributed by atoms with Crippen LogP contribution < -0.4 is 5.32 Å². The van der Waals surface area contributed by atoms with E-state index >= 15 is 0 Å². The first-order chi connectivity index (χ1) is 9.42. The normalized spacial score (nSPS) is 34.5. The Bertz CT molecular complexity index is 627. The van der Waals surface area contributed by atoms with Gasteiger partial charge in [0.1, 0.15) is 0 Å². The summed E-state index contributed by atoms with van der Waals surface area (Å²) in [7, 11) is 2.13. The molecule has 2 heteroatoms. The SMILES string of the molecule is CNC1C2c3ccccc3C3C(c4ccccc42)C13.Cl. The topological polar surface area (TPSA) is 12.0 Å². The maximum Gasteiger partial charge on any atom is 0.0252 e. The minimum atomic E-state index is 0. The molecule has 0 aromatic heterocycles. The van der Waals surface area contributed by atoms with Crippen LogP contribution >= 0.6 is 12.4 Å². The fourth-order valence-electron chi connectivity index (χ4n) is 4.91. The molecule has 3 unspecified atom stereocenters. The number of nitrogens with one attached hydrogen (secondary N) is 1. The van der Waals surface area contributed by atoms with Crippen molar-refractivity contribution in [2.75, 3.05) is 7.05 Å². The highest BCUT2D eigenvalue weighted by atomic mass is 35.5. The number of rotatable bonds is 1. The summed E-state index contributed by atoms with van der Waals surface area (Å²) in [5.74, 6) is 2.89. The van der Waals surface area contributed by atoms with E-state index in [2.05, 4.69) is 60.9 Å². The predicted molar refractivity (Wildman–Crippen MR) is 83.8 cm³/mol. The van der Waals surface area contributed by atoms with Gasteiger partial charge in [-0.15, -0.1) is 12.4 Å². The largest absolute Gasteiger partial charge is 0.316 e. The van der Waals surface area contributed by atoms with Gasteiger partial charge in [-0.1, -0.05) is 48.5 Å². The summed E-state index contributed by atoms with van der Waals surface area (Å²) in [4.78, 5) is 0. The van der Waals surface area contributed by atoms with Gasteiger partial charge in [0.2, 0.25) is 0 Å². The number of likely N-dealkylation sites (N-methyl/N-ethyl adjacent to an activating group) is 1. The number of halogens is 1. The molecule has 3 aliphatic carbocycles. The lowest BCUT2D eigenvalue weighted by Crippen LogP contribution is -2.39. The first-order valence-corrected chi connectivity index (χ1v) is 7.26. The number of hydrogen-bond donors (Lipinski definition) is 1. The van der Waals surface area contributed by atoms with E-state index in [0.29, 0.717) is 12.0 Å². The molecule has 102 valence electrons. The molecule has 0 amide bonds. The van der Waals surface area contributed by atoms with E-state index in [4.69, 9.17) is 0 Å². The van der Waals surface area contributed by atoms with Gasteiger partial charge >= 0.3 is 0 Å². The lowest BCUT2D eigenvalue weighted by atomic mass is 9.73. The Morgan fingerprint density at radius 1 is 0.750 bits per heavy atom. The summed E-state index contributed by atoms with van der Waals surface area (Å²) < 4.78 is 0. The third kappa shape index (κ3) is 1.28. The summed E-state index contributed by atoms with van der Waals surface area (Å²) in [6, 6.07) is 18.8. The highest BCUT2D eigenvalue weighted by molar-refractivity contribution is 5.85. The van der Waals surface area contributed by atoms with Crippen molar-refractivity contribution in [3.05, 3.63) is 70.8 Å². The van der Waals surface area contributed by atoms with Gasteiger partial charge in [-0.2, -0.15) is 0 Å². The second-order valence-corrected chi connectivity index (χ2v) is 6.18. The van der Waals surface area contributed by atoms with E-state index in [1.54, 1.807) is 22.3 Å². The van der Waals surface area contributed by atoms with Crippen LogP contribution in [0, 0.1) is 5.92 Å². The molecule has 3 aliphatic rings. The molecule has 2 aromatic rings. The number of hydrogen-bond acceptors (Lipinski definition) is 1. The van der Waals surface area contributed by atoms with Crippen LogP contribution in [0.1, 0.15) is 40.0 Å². The van der Waals surface area contributed by atoms with Gasteiger partial charge in [-0.3, -0.25) is 0 Å². The zero-order chi connectivity index (χ0) is 12.6. The minimum Gasteiger partial charge on any atom is -0.316 e. The van der Waals surface area contributed by atoms with Crippen LogP contribution in [0.15, 0.2) is 48.5 Å². The van der Waals surface area contributed by atoms with Crippen LogP contribution in [0.25, 0.3) is 0 Å². The quantitative estimate of drug-likeness (QED) is 0.842. The third-order valence-corrected chi connectivity index (χ3v) is 5.56. The molecule has 5 rings (SSSR count). The fourth-order valence-corrected chi connectivity index (χ4v) is 4.91. The first-order valence-electron chi connectivity index (χ1n) is 7.26. The lowest BCUT2D eigenvalue weighted by Gasteiger charge is -2.36. The van der Waals surface area contributed by atoms with E-state index in [0.717, 1.165) is 17.8 Å². The van der Waals surface area contributed by atoms with Crippen molar-refractivity contribution in [3.8, 4) is 0 Å². The van der Waals surface area contributed by atoms with Crippen LogP contribution in [-0.4, -0.2) is 13.1 Å². The van der Waals surface area contributed by atoms with Gasteiger partial charge in [0.15, 0.2) is 0 Å². The Morgan fingerprint density at radius 2 is 1.20 bits per heavy atom. The standard InChI is InChI=1S/C18H17N.ClH/c1-19-18-14-10-6-2-4-8-12(10)15-16(17(15)18)13-9-5-3-7-11(13)14;/h2-9,14-19H,1H3;1H. The molecular formula is C18H18ClN. The van der Waals surface area contributed by atoms with E-state index in [1.165, 1.54) is 0 Å². The Balaban J connectivity index is 0.00000106. The molecule has 0 radical (unpaired) electrons. The van der Waals surface area contributed by atoms with Gasteiger partial charge in [0.05, 0.1) is 0 Å². The van der Waals surface area contributed by atoms with E-state index < -0.39 is 0 Å². The maximum atomic E-state index is 3.61. The molecule has 1 saturated carbocycles. The molecule has 3 atom stereocenters. The van der Waals surface area contributed by atoms with Crippen molar-refractivity contribution in [1.29, 1.82) is 0 Å². The molecule has 2 aromatic carbocycles. The number of fused-ring (bicyclic) bond motifs is 8. The van der Waals surface area contributed by atoms with Gasteiger partial charge in [-0.05, 0) is 47.1 Å². The predicted octanol–water partition coefficient (Wildman–Crippen LogP) is 3.65. The van der Waals surface area contributed by atoms with Gasteiger partial charge in [0.25, 0.3) is 0 Å². The fraction of sp³-hybridized carbons (Fsp3) is 0.333. The summed E-state index contributed by atoms with van der Waals surface area (Å²) in [6.45, 7) is 0. The second-order valence-electron chi connectivity index (χ2n) is 6.18. The van der Waals surface area contributed by atoms with Crippen molar-refractivity contribution in [3.63, 3.8) is 0 Å². The number of benzene rings is 2. The Morgan fingerprint density at radius 3 is 1.65 bits per heavy atom. The van der Waals surface area contributed by atoms with Crippen molar-refractivity contribution in [2.45, 2.75) is 23.8 Å². The molecule has 1 N–H and O–H groups in total. The molecule has 1 nitrogen and oxygen atoms in total. The summed E-state index contributed by atoms with van der Waals surface area (Å²) in [5, 5.41) is 3.61. The Labute approximate surface area is 125 Å². The monoisotopic (exact) mass is 283 g/mol. The molecule has 2 bridgehead atoms.